The molecular formula is C16H15ClN2O2. The van der Waals surface area contributed by atoms with E-state index in [1.165, 1.54) is 0 Å². The van der Waals surface area contributed by atoms with Crippen molar-refractivity contribution in [2.45, 2.75) is 31.3 Å². The third-order valence-electron chi connectivity index (χ3n) is 3.97. The average molecular weight is 303 g/mol. The van der Waals surface area contributed by atoms with Gasteiger partial charge in [-0.3, -0.25) is 0 Å². The van der Waals surface area contributed by atoms with E-state index in [1.807, 2.05) is 18.2 Å². The van der Waals surface area contributed by atoms with E-state index in [9.17, 15) is 10.4 Å². The molecule has 1 aliphatic carbocycles. The summed E-state index contributed by atoms with van der Waals surface area (Å²) in [7, 11) is 0. The Morgan fingerprint density at radius 3 is 2.95 bits per heavy atom. The fourth-order valence-electron chi connectivity index (χ4n) is 3.04. The van der Waals surface area contributed by atoms with Crippen molar-refractivity contribution in [3.8, 4) is 6.07 Å². The molecule has 3 rings (SSSR count). The standard InChI is InChI=1S/C16H15ClN2O2/c17-10-4-1-3-9(7-10)14-11-5-2-6-13(20)15(11)21-16(19)12(14)8-18/h1,3-4,7,13-14,20H,2,5-6,19H2/t13-,14-/m1/s1. The number of halogens is 1. The van der Waals surface area contributed by atoms with Gasteiger partial charge in [0.2, 0.25) is 5.88 Å². The third-order valence-corrected chi connectivity index (χ3v) is 4.20. The Morgan fingerprint density at radius 1 is 1.43 bits per heavy atom. The van der Waals surface area contributed by atoms with Crippen LogP contribution in [-0.4, -0.2) is 11.2 Å². The second-order valence-electron chi connectivity index (χ2n) is 5.28. The van der Waals surface area contributed by atoms with E-state index in [2.05, 4.69) is 6.07 Å². The molecule has 21 heavy (non-hydrogen) atoms. The van der Waals surface area contributed by atoms with Crippen LogP contribution in [0.25, 0.3) is 0 Å². The molecule has 1 heterocycles. The summed E-state index contributed by atoms with van der Waals surface area (Å²) in [6, 6.07) is 9.51. The molecule has 1 aromatic rings. The second-order valence-corrected chi connectivity index (χ2v) is 5.71. The Labute approximate surface area is 128 Å². The van der Waals surface area contributed by atoms with Crippen LogP contribution < -0.4 is 5.73 Å². The van der Waals surface area contributed by atoms with E-state index in [-0.39, 0.29) is 11.8 Å². The highest BCUT2D eigenvalue weighted by molar-refractivity contribution is 6.30. The van der Waals surface area contributed by atoms with Gasteiger partial charge in [-0.1, -0.05) is 23.7 Å². The number of rotatable bonds is 1. The molecular weight excluding hydrogens is 288 g/mol. The van der Waals surface area contributed by atoms with Crippen LogP contribution in [0.2, 0.25) is 5.02 Å². The summed E-state index contributed by atoms with van der Waals surface area (Å²) < 4.78 is 5.52. The van der Waals surface area contributed by atoms with Crippen molar-refractivity contribution in [2.24, 2.45) is 5.73 Å². The number of aliphatic hydroxyl groups excluding tert-OH is 1. The largest absolute Gasteiger partial charge is 0.442 e. The topological polar surface area (TPSA) is 79.3 Å². The zero-order valence-corrected chi connectivity index (χ0v) is 12.1. The zero-order valence-electron chi connectivity index (χ0n) is 11.3. The lowest BCUT2D eigenvalue weighted by molar-refractivity contribution is 0.105. The lowest BCUT2D eigenvalue weighted by Gasteiger charge is -2.34. The average Bonchev–Trinajstić information content (AvgIpc) is 2.47. The van der Waals surface area contributed by atoms with Gasteiger partial charge in [0.1, 0.15) is 23.5 Å². The van der Waals surface area contributed by atoms with Crippen LogP contribution in [0.4, 0.5) is 0 Å². The number of nitrogens with zero attached hydrogens (tertiary/aromatic N) is 1. The van der Waals surface area contributed by atoms with Gasteiger partial charge in [0.05, 0.1) is 0 Å². The number of nitrogens with two attached hydrogens (primary N) is 1. The second kappa shape index (κ2) is 5.44. The zero-order chi connectivity index (χ0) is 15.0. The van der Waals surface area contributed by atoms with E-state index in [1.54, 1.807) is 6.07 Å². The molecule has 0 unspecified atom stereocenters. The van der Waals surface area contributed by atoms with E-state index >= 15 is 0 Å². The monoisotopic (exact) mass is 302 g/mol. The van der Waals surface area contributed by atoms with E-state index in [0.717, 1.165) is 24.0 Å². The molecule has 2 atom stereocenters. The van der Waals surface area contributed by atoms with Gasteiger partial charge in [0.25, 0.3) is 0 Å². The maximum Gasteiger partial charge on any atom is 0.205 e. The van der Waals surface area contributed by atoms with Crippen molar-refractivity contribution in [1.82, 2.24) is 0 Å². The fourth-order valence-corrected chi connectivity index (χ4v) is 3.24. The van der Waals surface area contributed by atoms with Gasteiger partial charge in [-0.05, 0) is 42.5 Å². The Kier molecular flexibility index (Phi) is 3.62. The summed E-state index contributed by atoms with van der Waals surface area (Å²) in [5.41, 5.74) is 8.09. The molecule has 0 saturated carbocycles. The quantitative estimate of drug-likeness (QED) is 0.836. The summed E-state index contributed by atoms with van der Waals surface area (Å²) in [4.78, 5) is 0. The molecule has 0 saturated heterocycles. The molecule has 0 amide bonds. The molecule has 1 aromatic carbocycles. The van der Waals surface area contributed by atoms with Gasteiger partial charge in [0.15, 0.2) is 0 Å². The maximum absolute atomic E-state index is 10.1. The summed E-state index contributed by atoms with van der Waals surface area (Å²) >= 11 is 6.07. The lowest BCUT2D eigenvalue weighted by atomic mass is 9.78. The first-order chi connectivity index (χ1) is 10.1. The molecule has 0 bridgehead atoms. The van der Waals surface area contributed by atoms with Crippen LogP contribution in [0.5, 0.6) is 0 Å². The molecule has 4 nitrogen and oxygen atoms in total. The first-order valence-electron chi connectivity index (χ1n) is 6.86. The Morgan fingerprint density at radius 2 is 2.24 bits per heavy atom. The first kappa shape index (κ1) is 14.0. The van der Waals surface area contributed by atoms with E-state index in [4.69, 9.17) is 22.1 Å². The minimum absolute atomic E-state index is 0.0715. The minimum Gasteiger partial charge on any atom is -0.442 e. The van der Waals surface area contributed by atoms with Crippen LogP contribution in [0, 0.1) is 11.3 Å². The molecule has 0 fully saturated rings. The van der Waals surface area contributed by atoms with E-state index < -0.39 is 6.10 Å². The summed E-state index contributed by atoms with van der Waals surface area (Å²) in [6.07, 6.45) is 1.63. The third kappa shape index (κ3) is 2.39. The van der Waals surface area contributed by atoms with Crippen molar-refractivity contribution in [2.75, 3.05) is 0 Å². The van der Waals surface area contributed by atoms with Gasteiger partial charge < -0.3 is 15.6 Å². The lowest BCUT2D eigenvalue weighted by Crippen LogP contribution is -2.29. The van der Waals surface area contributed by atoms with Crippen molar-refractivity contribution < 1.29 is 9.84 Å². The van der Waals surface area contributed by atoms with E-state index in [0.29, 0.717) is 22.8 Å². The Bertz CT molecular complexity index is 688. The highest BCUT2D eigenvalue weighted by atomic mass is 35.5. The van der Waals surface area contributed by atoms with Gasteiger partial charge in [0, 0.05) is 10.9 Å². The number of nitriles is 1. The van der Waals surface area contributed by atoms with Crippen molar-refractivity contribution >= 4 is 11.6 Å². The molecule has 5 heteroatoms. The first-order valence-corrected chi connectivity index (χ1v) is 7.23. The maximum atomic E-state index is 10.1. The minimum atomic E-state index is -0.658. The number of allylic oxidation sites excluding steroid dienone is 2. The molecule has 2 aliphatic rings. The Balaban J connectivity index is 2.16. The van der Waals surface area contributed by atoms with Crippen LogP contribution >= 0.6 is 11.6 Å². The van der Waals surface area contributed by atoms with Crippen molar-refractivity contribution in [1.29, 1.82) is 5.26 Å². The van der Waals surface area contributed by atoms with Crippen molar-refractivity contribution in [3.63, 3.8) is 0 Å². The predicted molar refractivity (Wildman–Crippen MR) is 79.0 cm³/mol. The molecule has 108 valence electrons. The SMILES string of the molecule is N#CC1=C(N)OC2=C(CCC[C@H]2O)[C@H]1c1cccc(Cl)c1. The van der Waals surface area contributed by atoms with Crippen LogP contribution in [0.3, 0.4) is 0 Å². The van der Waals surface area contributed by atoms with Gasteiger partial charge in [-0.25, -0.2) is 0 Å². The number of ether oxygens (including phenoxy) is 1. The smallest absolute Gasteiger partial charge is 0.205 e. The summed E-state index contributed by atoms with van der Waals surface area (Å²) in [6.45, 7) is 0. The highest BCUT2D eigenvalue weighted by Crippen LogP contribution is 2.44. The normalized spacial score (nSPS) is 25.2. The number of hydrogen-bond donors (Lipinski definition) is 2. The van der Waals surface area contributed by atoms with Crippen LogP contribution in [0.1, 0.15) is 30.7 Å². The molecule has 1 aliphatic heterocycles. The molecule has 0 radical (unpaired) electrons. The number of hydrogen-bond acceptors (Lipinski definition) is 4. The Hall–Kier alpha value is -1.96. The van der Waals surface area contributed by atoms with Gasteiger partial charge in [-0.15, -0.1) is 0 Å². The van der Waals surface area contributed by atoms with Crippen LogP contribution in [0.15, 0.2) is 47.1 Å². The number of benzene rings is 1. The van der Waals surface area contributed by atoms with Gasteiger partial charge >= 0.3 is 0 Å². The summed E-state index contributed by atoms with van der Waals surface area (Å²) in [5.74, 6) is 0.289. The van der Waals surface area contributed by atoms with Crippen LogP contribution in [-0.2, 0) is 4.74 Å². The molecule has 0 spiro atoms. The van der Waals surface area contributed by atoms with Crippen molar-refractivity contribution in [3.05, 3.63) is 57.6 Å². The molecule has 0 aromatic heterocycles. The van der Waals surface area contributed by atoms with Gasteiger partial charge in [-0.2, -0.15) is 5.26 Å². The molecule has 3 N–H and O–H groups in total. The highest BCUT2D eigenvalue weighted by Gasteiger charge is 2.36. The summed E-state index contributed by atoms with van der Waals surface area (Å²) in [5, 5.41) is 20.2. The predicted octanol–water partition coefficient (Wildman–Crippen LogP) is 2.95. The fraction of sp³-hybridized carbons (Fsp3) is 0.312. The number of aliphatic hydroxyl groups is 1.